The second-order valence-corrected chi connectivity index (χ2v) is 5.58. The first-order valence-corrected chi connectivity index (χ1v) is 7.28. The lowest BCUT2D eigenvalue weighted by Crippen LogP contribution is -2.16. The Kier molecular flexibility index (Phi) is 3.31. The van der Waals surface area contributed by atoms with Crippen molar-refractivity contribution in [3.8, 4) is 6.07 Å². The average Bonchev–Trinajstić information content (AvgIpc) is 3.11. The second kappa shape index (κ2) is 5.13. The van der Waals surface area contributed by atoms with Gasteiger partial charge in [0.15, 0.2) is 0 Å². The summed E-state index contributed by atoms with van der Waals surface area (Å²) in [5.74, 6) is 0.841. The fraction of sp³-hybridized carbons (Fsp3) is 0.412. The maximum Gasteiger partial charge on any atom is 0.136 e. The first-order chi connectivity index (χ1) is 9.74. The molecule has 0 unspecified atom stereocenters. The smallest absolute Gasteiger partial charge is 0.136 e. The average molecular weight is 266 g/mol. The molecule has 0 aliphatic heterocycles. The molecule has 1 aromatic carbocycles. The van der Waals surface area contributed by atoms with Crippen molar-refractivity contribution in [3.63, 3.8) is 0 Å². The number of Topliss-reactive ketones (excluding diaryl/α,β-unsaturated/α-hetero) is 1. The topological polar surface area (TPSA) is 56.6 Å². The molecule has 2 aromatic rings. The summed E-state index contributed by atoms with van der Waals surface area (Å²) in [6, 6.07) is 7.90. The van der Waals surface area contributed by atoms with Gasteiger partial charge >= 0.3 is 0 Å². The third kappa shape index (κ3) is 2.02. The van der Waals surface area contributed by atoms with E-state index in [-0.39, 0.29) is 5.92 Å². The molecular formula is C17H18N2O. The first-order valence-electron chi connectivity index (χ1n) is 7.28. The Morgan fingerprint density at radius 3 is 3.05 bits per heavy atom. The molecule has 1 fully saturated rings. The zero-order valence-corrected chi connectivity index (χ0v) is 11.6. The number of rotatable bonds is 3. The number of fused-ring (bicyclic) bond motifs is 1. The van der Waals surface area contributed by atoms with E-state index in [1.807, 2.05) is 31.3 Å². The summed E-state index contributed by atoms with van der Waals surface area (Å²) in [7, 11) is 0. The zero-order chi connectivity index (χ0) is 14.1. The van der Waals surface area contributed by atoms with Gasteiger partial charge in [0.2, 0.25) is 0 Å². The molecule has 102 valence electrons. The van der Waals surface area contributed by atoms with Crippen LogP contribution in [0, 0.1) is 17.2 Å². The predicted octanol–water partition coefficient (Wildman–Crippen LogP) is 3.90. The summed E-state index contributed by atoms with van der Waals surface area (Å²) in [5.41, 5.74) is 2.93. The minimum Gasteiger partial charge on any atom is -0.361 e. The second-order valence-electron chi connectivity index (χ2n) is 5.58. The van der Waals surface area contributed by atoms with Gasteiger partial charge in [-0.1, -0.05) is 13.3 Å². The van der Waals surface area contributed by atoms with Gasteiger partial charge in [-0.2, -0.15) is 5.26 Å². The minimum atomic E-state index is 0.157. The van der Waals surface area contributed by atoms with Crippen LogP contribution in [0.3, 0.4) is 0 Å². The fourth-order valence-corrected chi connectivity index (χ4v) is 3.50. The predicted molar refractivity (Wildman–Crippen MR) is 78.4 cm³/mol. The highest BCUT2D eigenvalue weighted by molar-refractivity contribution is 5.87. The number of aromatic nitrogens is 1. The summed E-state index contributed by atoms with van der Waals surface area (Å²) < 4.78 is 0. The summed E-state index contributed by atoms with van der Waals surface area (Å²) >= 11 is 0. The number of hydrogen-bond donors (Lipinski definition) is 1. The SMILES string of the molecule is CCC(=O)[C@@H]1CCC[C@H]1c1c[nH]c2ccc(C#N)cc12. The first kappa shape index (κ1) is 12.9. The van der Waals surface area contributed by atoms with Gasteiger partial charge in [-0.25, -0.2) is 0 Å². The molecule has 1 aliphatic carbocycles. The van der Waals surface area contributed by atoms with E-state index in [2.05, 4.69) is 11.1 Å². The van der Waals surface area contributed by atoms with Gasteiger partial charge < -0.3 is 4.98 Å². The van der Waals surface area contributed by atoms with Crippen molar-refractivity contribution in [2.75, 3.05) is 0 Å². The summed E-state index contributed by atoms with van der Waals surface area (Å²) in [6.07, 6.45) is 5.83. The van der Waals surface area contributed by atoms with E-state index < -0.39 is 0 Å². The van der Waals surface area contributed by atoms with Crippen molar-refractivity contribution in [3.05, 3.63) is 35.5 Å². The molecule has 1 aromatic heterocycles. The highest BCUT2D eigenvalue weighted by atomic mass is 16.1. The van der Waals surface area contributed by atoms with Crippen molar-refractivity contribution >= 4 is 16.7 Å². The van der Waals surface area contributed by atoms with Gasteiger partial charge in [0.1, 0.15) is 5.78 Å². The molecule has 0 bridgehead atoms. The van der Waals surface area contributed by atoms with Gasteiger partial charge in [-0.05, 0) is 42.5 Å². The number of H-pyrrole nitrogens is 1. The van der Waals surface area contributed by atoms with Crippen LogP contribution in [-0.4, -0.2) is 10.8 Å². The van der Waals surface area contributed by atoms with E-state index in [9.17, 15) is 4.79 Å². The van der Waals surface area contributed by atoms with Crippen LogP contribution in [0.25, 0.3) is 10.9 Å². The third-order valence-corrected chi connectivity index (χ3v) is 4.52. The van der Waals surface area contributed by atoms with Crippen LogP contribution >= 0.6 is 0 Å². The number of carbonyl (C=O) groups excluding carboxylic acids is 1. The maximum absolute atomic E-state index is 12.1. The molecule has 0 saturated heterocycles. The molecule has 2 atom stereocenters. The Bertz CT molecular complexity index is 693. The molecule has 3 heteroatoms. The van der Waals surface area contributed by atoms with Crippen LogP contribution in [0.1, 0.15) is 49.7 Å². The van der Waals surface area contributed by atoms with Crippen LogP contribution in [0.4, 0.5) is 0 Å². The number of carbonyl (C=O) groups is 1. The molecule has 0 spiro atoms. The lowest BCUT2D eigenvalue weighted by atomic mass is 9.85. The zero-order valence-electron chi connectivity index (χ0n) is 11.6. The maximum atomic E-state index is 12.1. The Labute approximate surface area is 118 Å². The summed E-state index contributed by atoms with van der Waals surface area (Å²) in [4.78, 5) is 15.4. The van der Waals surface area contributed by atoms with Gasteiger partial charge in [-0.15, -0.1) is 0 Å². The van der Waals surface area contributed by atoms with Crippen LogP contribution in [-0.2, 0) is 4.79 Å². The normalized spacial score (nSPS) is 22.0. The number of nitrogens with one attached hydrogen (secondary N) is 1. The molecule has 0 amide bonds. The highest BCUT2D eigenvalue weighted by Gasteiger charge is 2.34. The third-order valence-electron chi connectivity index (χ3n) is 4.52. The van der Waals surface area contributed by atoms with Gasteiger partial charge in [0.05, 0.1) is 11.6 Å². The van der Waals surface area contributed by atoms with Crippen LogP contribution < -0.4 is 0 Å². The van der Waals surface area contributed by atoms with Gasteiger partial charge in [0, 0.05) is 29.4 Å². The van der Waals surface area contributed by atoms with E-state index in [4.69, 9.17) is 5.26 Å². The summed E-state index contributed by atoms with van der Waals surface area (Å²) in [6.45, 7) is 1.95. The van der Waals surface area contributed by atoms with E-state index in [1.54, 1.807) is 0 Å². The van der Waals surface area contributed by atoms with Crippen LogP contribution in [0.15, 0.2) is 24.4 Å². The van der Waals surface area contributed by atoms with Crippen molar-refractivity contribution in [2.24, 2.45) is 5.92 Å². The fourth-order valence-electron chi connectivity index (χ4n) is 3.50. The summed E-state index contributed by atoms with van der Waals surface area (Å²) in [5, 5.41) is 10.2. The Morgan fingerprint density at radius 1 is 1.45 bits per heavy atom. The lowest BCUT2D eigenvalue weighted by Gasteiger charge is -2.17. The molecule has 1 saturated carbocycles. The van der Waals surface area contributed by atoms with Crippen molar-refractivity contribution < 1.29 is 4.79 Å². The molecule has 3 rings (SSSR count). The highest BCUT2D eigenvalue weighted by Crippen LogP contribution is 2.43. The van der Waals surface area contributed by atoms with Crippen LogP contribution in [0.5, 0.6) is 0 Å². The minimum absolute atomic E-state index is 0.157. The molecule has 0 radical (unpaired) electrons. The molecular weight excluding hydrogens is 248 g/mol. The standard InChI is InChI=1S/C17H18N2O/c1-2-17(20)13-5-3-4-12(13)15-10-19-16-7-6-11(9-18)8-14(15)16/h6-8,10,12-13,19H,2-5H2,1H3/t12-,13-/m1/s1. The number of benzene rings is 1. The van der Waals surface area contributed by atoms with Crippen molar-refractivity contribution in [1.82, 2.24) is 4.98 Å². The lowest BCUT2D eigenvalue weighted by molar-refractivity contribution is -0.122. The number of hydrogen-bond acceptors (Lipinski definition) is 2. The number of aromatic amines is 1. The van der Waals surface area contributed by atoms with E-state index >= 15 is 0 Å². The van der Waals surface area contributed by atoms with E-state index in [0.717, 1.165) is 30.2 Å². The van der Waals surface area contributed by atoms with Crippen LogP contribution in [0.2, 0.25) is 0 Å². The number of ketones is 1. The molecule has 1 N–H and O–H groups in total. The van der Waals surface area contributed by atoms with Gasteiger partial charge in [-0.3, -0.25) is 4.79 Å². The Hall–Kier alpha value is -2.08. The van der Waals surface area contributed by atoms with Crippen molar-refractivity contribution in [2.45, 2.75) is 38.5 Å². The molecule has 20 heavy (non-hydrogen) atoms. The van der Waals surface area contributed by atoms with E-state index in [1.165, 1.54) is 5.56 Å². The Balaban J connectivity index is 2.05. The van der Waals surface area contributed by atoms with Crippen molar-refractivity contribution in [1.29, 1.82) is 5.26 Å². The largest absolute Gasteiger partial charge is 0.361 e. The Morgan fingerprint density at radius 2 is 2.30 bits per heavy atom. The quantitative estimate of drug-likeness (QED) is 0.915. The molecule has 3 nitrogen and oxygen atoms in total. The molecule has 1 heterocycles. The number of nitriles is 1. The number of nitrogens with zero attached hydrogens (tertiary/aromatic N) is 1. The van der Waals surface area contributed by atoms with E-state index in [0.29, 0.717) is 23.7 Å². The van der Waals surface area contributed by atoms with Gasteiger partial charge in [0.25, 0.3) is 0 Å². The monoisotopic (exact) mass is 266 g/mol. The molecule has 1 aliphatic rings.